The number of fused-ring (bicyclic) bond motifs is 1. The second-order valence-corrected chi connectivity index (χ2v) is 9.16. The molecule has 4 rings (SSSR count). The van der Waals surface area contributed by atoms with E-state index in [0.29, 0.717) is 0 Å². The normalized spacial score (nSPS) is 12.9. The average Bonchev–Trinajstić information content (AvgIpc) is 3.11. The maximum absolute atomic E-state index is 13.2. The summed E-state index contributed by atoms with van der Waals surface area (Å²) in [6.45, 7) is 0. The van der Waals surface area contributed by atoms with E-state index in [2.05, 4.69) is 10.1 Å². The van der Waals surface area contributed by atoms with Crippen LogP contribution < -0.4 is 0 Å². The molecular formula is C21H13F6N3O2S. The fraction of sp³-hybridized carbons (Fsp3) is 0.143. The van der Waals surface area contributed by atoms with Gasteiger partial charge in [0.05, 0.1) is 16.6 Å². The number of nitrogens with zero attached hydrogens (tertiary/aromatic N) is 3. The van der Waals surface area contributed by atoms with Crippen molar-refractivity contribution >= 4 is 15.4 Å². The van der Waals surface area contributed by atoms with Crippen LogP contribution in [0.1, 0.15) is 11.1 Å². The van der Waals surface area contributed by atoms with Gasteiger partial charge in [0, 0.05) is 29.8 Å². The number of rotatable bonds is 3. The zero-order valence-electron chi connectivity index (χ0n) is 16.6. The van der Waals surface area contributed by atoms with Gasteiger partial charge in [-0.1, -0.05) is 12.1 Å². The van der Waals surface area contributed by atoms with E-state index in [0.717, 1.165) is 47.3 Å². The first kappa shape index (κ1) is 22.8. The lowest BCUT2D eigenvalue weighted by molar-refractivity contribution is -0.138. The molecular weight excluding hydrogens is 472 g/mol. The number of aromatic nitrogens is 3. The first-order valence-corrected chi connectivity index (χ1v) is 11.1. The van der Waals surface area contributed by atoms with Gasteiger partial charge in [-0.2, -0.15) is 31.4 Å². The Bertz CT molecular complexity index is 1460. The number of alkyl halides is 6. The van der Waals surface area contributed by atoms with Gasteiger partial charge in [-0.3, -0.25) is 0 Å². The molecule has 0 spiro atoms. The highest BCUT2D eigenvalue weighted by Crippen LogP contribution is 2.38. The summed E-state index contributed by atoms with van der Waals surface area (Å²) in [5.41, 5.74) is -0.884. The van der Waals surface area contributed by atoms with Gasteiger partial charge in [-0.05, 0) is 42.0 Å². The van der Waals surface area contributed by atoms with Crippen LogP contribution >= 0.6 is 0 Å². The topological polar surface area (TPSA) is 64.3 Å². The van der Waals surface area contributed by atoms with Crippen LogP contribution in [0.2, 0.25) is 0 Å². The fourth-order valence-corrected chi connectivity index (χ4v) is 3.88. The van der Waals surface area contributed by atoms with Crippen LogP contribution in [-0.4, -0.2) is 29.3 Å². The van der Waals surface area contributed by atoms with E-state index in [4.69, 9.17) is 0 Å². The number of hydrogen-bond donors (Lipinski definition) is 0. The van der Waals surface area contributed by atoms with Crippen molar-refractivity contribution in [3.63, 3.8) is 0 Å². The highest BCUT2D eigenvalue weighted by atomic mass is 32.2. The lowest BCUT2D eigenvalue weighted by Gasteiger charge is -2.09. The van der Waals surface area contributed by atoms with Crippen LogP contribution in [0.15, 0.2) is 66.0 Å². The molecule has 0 unspecified atom stereocenters. The van der Waals surface area contributed by atoms with Crippen LogP contribution in [0.5, 0.6) is 0 Å². The Morgan fingerprint density at radius 1 is 0.818 bits per heavy atom. The Kier molecular flexibility index (Phi) is 5.23. The molecule has 0 amide bonds. The quantitative estimate of drug-likeness (QED) is 0.360. The minimum atomic E-state index is -4.64. The number of hydrogen-bond acceptors (Lipinski definition) is 4. The fourth-order valence-electron chi connectivity index (χ4n) is 3.29. The second-order valence-electron chi connectivity index (χ2n) is 7.20. The van der Waals surface area contributed by atoms with Crippen LogP contribution in [0.25, 0.3) is 27.9 Å². The average molecular weight is 485 g/mol. The highest BCUT2D eigenvalue weighted by molar-refractivity contribution is 7.90. The number of benzene rings is 1. The van der Waals surface area contributed by atoms with Gasteiger partial charge < -0.3 is 0 Å². The molecule has 1 aromatic carbocycles. The summed E-state index contributed by atoms with van der Waals surface area (Å²) in [6, 6.07) is 8.65. The predicted octanol–water partition coefficient (Wildman–Crippen LogP) is 5.50. The minimum absolute atomic E-state index is 0.0775. The molecule has 0 aliphatic heterocycles. The molecule has 5 nitrogen and oxygen atoms in total. The smallest absolute Gasteiger partial charge is 0.245 e. The molecule has 172 valence electrons. The number of pyridine rings is 2. The molecule has 33 heavy (non-hydrogen) atoms. The lowest BCUT2D eigenvalue weighted by Crippen LogP contribution is -2.06. The van der Waals surface area contributed by atoms with Gasteiger partial charge >= 0.3 is 12.4 Å². The molecule has 0 atom stereocenters. The van der Waals surface area contributed by atoms with Gasteiger partial charge in [0.25, 0.3) is 0 Å². The lowest BCUT2D eigenvalue weighted by atomic mass is 9.99. The molecule has 0 N–H and O–H groups in total. The zero-order chi connectivity index (χ0) is 24.2. The molecule has 4 aromatic rings. The molecule has 0 saturated carbocycles. The largest absolute Gasteiger partial charge is 0.417 e. The second kappa shape index (κ2) is 7.58. The molecule has 3 heterocycles. The minimum Gasteiger partial charge on any atom is -0.245 e. The summed E-state index contributed by atoms with van der Waals surface area (Å²) in [7, 11) is -3.71. The van der Waals surface area contributed by atoms with E-state index in [1.54, 1.807) is 0 Å². The number of sulfone groups is 1. The molecule has 0 aliphatic rings. The van der Waals surface area contributed by atoms with Crippen molar-refractivity contribution in [2.45, 2.75) is 17.4 Å². The summed E-state index contributed by atoms with van der Waals surface area (Å²) >= 11 is 0. The Morgan fingerprint density at radius 2 is 1.42 bits per heavy atom. The molecule has 12 heteroatoms. The highest BCUT2D eigenvalue weighted by Gasteiger charge is 2.32. The van der Waals surface area contributed by atoms with Crippen molar-refractivity contribution in [2.24, 2.45) is 0 Å². The maximum Gasteiger partial charge on any atom is 0.417 e. The molecule has 0 radical (unpaired) electrons. The van der Waals surface area contributed by atoms with Crippen LogP contribution in [0, 0.1) is 0 Å². The van der Waals surface area contributed by atoms with E-state index < -0.39 is 33.3 Å². The van der Waals surface area contributed by atoms with Crippen LogP contribution in [0.3, 0.4) is 0 Å². The summed E-state index contributed by atoms with van der Waals surface area (Å²) in [4.78, 5) is 3.80. The first-order valence-electron chi connectivity index (χ1n) is 9.19. The summed E-state index contributed by atoms with van der Waals surface area (Å²) in [5, 5.41) is 3.91. The van der Waals surface area contributed by atoms with Gasteiger partial charge in [-0.15, -0.1) is 0 Å². The Hall–Kier alpha value is -3.41. The van der Waals surface area contributed by atoms with Crippen molar-refractivity contribution in [3.05, 3.63) is 72.1 Å². The van der Waals surface area contributed by atoms with E-state index >= 15 is 0 Å². The van der Waals surface area contributed by atoms with Crippen LogP contribution in [-0.2, 0) is 22.2 Å². The Morgan fingerprint density at radius 3 is 2.00 bits per heavy atom. The van der Waals surface area contributed by atoms with Crippen molar-refractivity contribution in [1.29, 1.82) is 0 Å². The Balaban J connectivity index is 1.99. The SMILES string of the molecule is CS(=O)(=O)c1cc(-c2c(-c3ccc(C(F)(F)F)cc3)nn3cc(C(F)(F)F)ccc23)ccn1. The summed E-state index contributed by atoms with van der Waals surface area (Å²) in [5.74, 6) is 0. The van der Waals surface area contributed by atoms with E-state index in [-0.39, 0.29) is 32.9 Å². The van der Waals surface area contributed by atoms with E-state index in [9.17, 15) is 34.8 Å². The van der Waals surface area contributed by atoms with Gasteiger partial charge in [0.1, 0.15) is 5.69 Å². The molecule has 0 bridgehead atoms. The van der Waals surface area contributed by atoms with Gasteiger partial charge in [0.15, 0.2) is 14.9 Å². The van der Waals surface area contributed by atoms with Crippen LogP contribution in [0.4, 0.5) is 26.3 Å². The monoisotopic (exact) mass is 485 g/mol. The molecule has 0 aliphatic carbocycles. The van der Waals surface area contributed by atoms with Gasteiger partial charge in [-0.25, -0.2) is 17.9 Å². The summed E-state index contributed by atoms with van der Waals surface area (Å²) in [6.07, 6.45) is -6.30. The van der Waals surface area contributed by atoms with Crippen molar-refractivity contribution in [3.8, 4) is 22.4 Å². The maximum atomic E-state index is 13.2. The van der Waals surface area contributed by atoms with E-state index in [1.165, 1.54) is 24.4 Å². The van der Waals surface area contributed by atoms with Crippen molar-refractivity contribution in [1.82, 2.24) is 14.6 Å². The molecule has 3 aromatic heterocycles. The Labute approximate surface area is 183 Å². The third-order valence-corrected chi connectivity index (χ3v) is 5.83. The third-order valence-electron chi connectivity index (χ3n) is 4.85. The third kappa shape index (κ3) is 4.42. The predicted molar refractivity (Wildman–Crippen MR) is 107 cm³/mol. The molecule has 0 fully saturated rings. The standard InChI is InChI=1S/C21H13F6N3O2S/c1-33(31,32)17-10-13(8-9-28-17)18-16-7-6-15(21(25,26)27)11-30(16)29-19(18)12-2-4-14(5-3-12)20(22,23)24/h2-11H,1H3. The van der Waals surface area contributed by atoms with Crippen molar-refractivity contribution < 1.29 is 34.8 Å². The van der Waals surface area contributed by atoms with Crippen molar-refractivity contribution in [2.75, 3.05) is 6.26 Å². The van der Waals surface area contributed by atoms with Gasteiger partial charge in [0.2, 0.25) is 0 Å². The van der Waals surface area contributed by atoms with E-state index in [1.807, 2.05) is 0 Å². The number of halogens is 6. The molecule has 0 saturated heterocycles. The summed E-state index contributed by atoms with van der Waals surface area (Å²) < 4.78 is 103. The first-order chi connectivity index (χ1) is 15.2. The zero-order valence-corrected chi connectivity index (χ0v) is 17.4.